The molecule has 0 radical (unpaired) electrons. The lowest BCUT2D eigenvalue weighted by Crippen LogP contribution is -2.13. The van der Waals surface area contributed by atoms with Crippen molar-refractivity contribution in [1.29, 1.82) is 0 Å². The van der Waals surface area contributed by atoms with Gasteiger partial charge in [0.1, 0.15) is 0 Å². The van der Waals surface area contributed by atoms with E-state index in [2.05, 4.69) is 22.9 Å². The molecule has 0 spiro atoms. The van der Waals surface area contributed by atoms with E-state index >= 15 is 0 Å². The van der Waals surface area contributed by atoms with Crippen molar-refractivity contribution in [3.05, 3.63) is 0 Å². The van der Waals surface area contributed by atoms with E-state index in [9.17, 15) is 0 Å². The van der Waals surface area contributed by atoms with Gasteiger partial charge in [-0.1, -0.05) is 62.4 Å². The zero-order valence-corrected chi connectivity index (χ0v) is 10.5. The van der Waals surface area contributed by atoms with Gasteiger partial charge in [0.2, 0.25) is 0 Å². The molecule has 1 saturated carbocycles. The molecule has 1 rings (SSSR count). The largest absolute Gasteiger partial charge is 0.0891 e. The first-order valence-electron chi connectivity index (χ1n) is 5.97. The summed E-state index contributed by atoms with van der Waals surface area (Å²) in [7, 11) is 0. The Morgan fingerprint density at radius 2 is 1.64 bits per heavy atom. The van der Waals surface area contributed by atoms with Crippen molar-refractivity contribution < 1.29 is 0 Å². The second-order valence-corrected chi connectivity index (χ2v) is 5.76. The van der Waals surface area contributed by atoms with Crippen LogP contribution in [0, 0.1) is 5.92 Å². The van der Waals surface area contributed by atoms with E-state index in [1.54, 1.807) is 0 Å². The molecule has 0 amide bonds. The molecule has 0 aromatic carbocycles. The van der Waals surface area contributed by atoms with Gasteiger partial charge in [0, 0.05) is 4.83 Å². The summed E-state index contributed by atoms with van der Waals surface area (Å²) in [5, 5.41) is 0. The summed E-state index contributed by atoms with van der Waals surface area (Å²) in [6, 6.07) is 0. The Kier molecular flexibility index (Phi) is 9.06. The van der Waals surface area contributed by atoms with Crippen LogP contribution in [0.4, 0.5) is 0 Å². The van der Waals surface area contributed by atoms with E-state index in [-0.39, 0.29) is 7.43 Å². The second-order valence-electron chi connectivity index (χ2n) is 4.47. The highest BCUT2D eigenvalue weighted by atomic mass is 79.9. The molecule has 1 heteroatoms. The molecule has 0 atom stereocenters. The molecule has 0 nitrogen and oxygen atoms in total. The maximum absolute atomic E-state index is 3.71. The molecule has 0 saturated heterocycles. The Hall–Kier alpha value is 0.480. The predicted molar refractivity (Wildman–Crippen MR) is 70.2 cm³/mol. The Morgan fingerprint density at radius 3 is 2.21 bits per heavy atom. The summed E-state index contributed by atoms with van der Waals surface area (Å²) < 4.78 is 0. The smallest absolute Gasteiger partial charge is 0.0146 e. The van der Waals surface area contributed by atoms with Crippen molar-refractivity contribution in [2.45, 2.75) is 77.0 Å². The third-order valence-electron chi connectivity index (χ3n) is 3.24. The molecule has 0 N–H and O–H groups in total. The minimum atomic E-state index is 0. The van der Waals surface area contributed by atoms with E-state index < -0.39 is 0 Å². The van der Waals surface area contributed by atoms with Crippen LogP contribution in [0.2, 0.25) is 0 Å². The lowest BCUT2D eigenvalue weighted by atomic mass is 9.85. The van der Waals surface area contributed by atoms with Crippen LogP contribution in [-0.2, 0) is 0 Å². The maximum Gasteiger partial charge on any atom is 0.0146 e. The molecular weight excluding hydrogens is 236 g/mol. The number of alkyl halides is 1. The van der Waals surface area contributed by atoms with Gasteiger partial charge in [-0.3, -0.25) is 0 Å². The van der Waals surface area contributed by atoms with Gasteiger partial charge in [-0.05, 0) is 31.6 Å². The molecule has 0 heterocycles. The van der Waals surface area contributed by atoms with Gasteiger partial charge in [0.15, 0.2) is 0 Å². The average molecular weight is 263 g/mol. The van der Waals surface area contributed by atoms with Gasteiger partial charge in [-0.15, -0.1) is 0 Å². The molecule has 0 aliphatic heterocycles. The number of rotatable bonds is 5. The summed E-state index contributed by atoms with van der Waals surface area (Å²) in [5.74, 6) is 1.06. The summed E-state index contributed by atoms with van der Waals surface area (Å²) >= 11 is 3.71. The topological polar surface area (TPSA) is 0 Å². The molecule has 0 aromatic rings. The Bertz CT molecular complexity index is 114. The number of hydrogen-bond donors (Lipinski definition) is 0. The van der Waals surface area contributed by atoms with E-state index in [0.29, 0.717) is 0 Å². The third kappa shape index (κ3) is 6.06. The summed E-state index contributed by atoms with van der Waals surface area (Å²) in [6.07, 6.45) is 13.0. The Labute approximate surface area is 99.0 Å². The monoisotopic (exact) mass is 262 g/mol. The Balaban J connectivity index is 0.00000169. The normalized spacial score (nSPS) is 27.0. The fourth-order valence-corrected chi connectivity index (χ4v) is 2.80. The minimum absolute atomic E-state index is 0. The fraction of sp³-hybridized carbons (Fsp3) is 1.00. The Morgan fingerprint density at radius 1 is 1.00 bits per heavy atom. The summed E-state index contributed by atoms with van der Waals surface area (Å²) in [4.78, 5) is 0.833. The standard InChI is InChI=1S/C12H23Br.CH4/c1-2-3-4-5-6-11-7-9-12(13)10-8-11;/h11-12H,2-10H2,1H3;1H4/t11-,12-;. The molecule has 0 aromatic heterocycles. The van der Waals surface area contributed by atoms with Crippen molar-refractivity contribution in [3.8, 4) is 0 Å². The third-order valence-corrected chi connectivity index (χ3v) is 4.16. The van der Waals surface area contributed by atoms with Gasteiger partial charge >= 0.3 is 0 Å². The molecule has 1 fully saturated rings. The van der Waals surface area contributed by atoms with E-state index in [4.69, 9.17) is 0 Å². The lowest BCUT2D eigenvalue weighted by Gasteiger charge is -2.24. The first-order chi connectivity index (χ1) is 6.33. The maximum atomic E-state index is 3.71. The number of unbranched alkanes of at least 4 members (excludes halogenated alkanes) is 3. The van der Waals surface area contributed by atoms with Crippen LogP contribution >= 0.6 is 15.9 Å². The summed E-state index contributed by atoms with van der Waals surface area (Å²) in [6.45, 7) is 2.29. The van der Waals surface area contributed by atoms with Crippen molar-refractivity contribution >= 4 is 15.9 Å². The van der Waals surface area contributed by atoms with E-state index in [1.165, 1.54) is 57.8 Å². The zero-order chi connectivity index (χ0) is 9.52. The molecule has 14 heavy (non-hydrogen) atoms. The van der Waals surface area contributed by atoms with Crippen molar-refractivity contribution in [3.63, 3.8) is 0 Å². The lowest BCUT2D eigenvalue weighted by molar-refractivity contribution is 0.336. The number of hydrogen-bond acceptors (Lipinski definition) is 0. The van der Waals surface area contributed by atoms with Crippen LogP contribution in [0.25, 0.3) is 0 Å². The molecule has 86 valence electrons. The summed E-state index contributed by atoms with van der Waals surface area (Å²) in [5.41, 5.74) is 0. The fourth-order valence-electron chi connectivity index (χ4n) is 2.27. The molecular formula is C13H27Br. The quantitative estimate of drug-likeness (QED) is 0.451. The predicted octanol–water partition coefficient (Wildman–Crippen LogP) is 5.55. The second kappa shape index (κ2) is 8.76. The SMILES string of the molecule is C.CCCCCC[C@H]1CC[C@H](Br)CC1. The van der Waals surface area contributed by atoms with Crippen LogP contribution in [0.5, 0.6) is 0 Å². The van der Waals surface area contributed by atoms with Gasteiger partial charge in [0.25, 0.3) is 0 Å². The first kappa shape index (κ1) is 14.5. The van der Waals surface area contributed by atoms with Crippen LogP contribution in [-0.4, -0.2) is 4.83 Å². The zero-order valence-electron chi connectivity index (χ0n) is 8.90. The van der Waals surface area contributed by atoms with Gasteiger partial charge in [0.05, 0.1) is 0 Å². The minimum Gasteiger partial charge on any atom is -0.0891 e. The first-order valence-corrected chi connectivity index (χ1v) is 6.88. The van der Waals surface area contributed by atoms with E-state index in [1.807, 2.05) is 0 Å². The highest BCUT2D eigenvalue weighted by molar-refractivity contribution is 9.09. The highest BCUT2D eigenvalue weighted by Gasteiger charge is 2.18. The van der Waals surface area contributed by atoms with Crippen molar-refractivity contribution in [2.24, 2.45) is 5.92 Å². The van der Waals surface area contributed by atoms with Crippen LogP contribution in [0.1, 0.15) is 72.1 Å². The van der Waals surface area contributed by atoms with Crippen molar-refractivity contribution in [2.75, 3.05) is 0 Å². The van der Waals surface area contributed by atoms with Crippen LogP contribution in [0.15, 0.2) is 0 Å². The van der Waals surface area contributed by atoms with Gasteiger partial charge in [-0.2, -0.15) is 0 Å². The molecule has 0 unspecified atom stereocenters. The highest BCUT2D eigenvalue weighted by Crippen LogP contribution is 2.31. The molecule has 1 aliphatic rings. The average Bonchev–Trinajstić information content (AvgIpc) is 2.15. The molecule has 1 aliphatic carbocycles. The van der Waals surface area contributed by atoms with Crippen LogP contribution in [0.3, 0.4) is 0 Å². The van der Waals surface area contributed by atoms with Crippen LogP contribution < -0.4 is 0 Å². The van der Waals surface area contributed by atoms with Crippen molar-refractivity contribution in [1.82, 2.24) is 0 Å². The van der Waals surface area contributed by atoms with Gasteiger partial charge < -0.3 is 0 Å². The van der Waals surface area contributed by atoms with E-state index in [0.717, 1.165) is 10.7 Å². The number of halogens is 1. The van der Waals surface area contributed by atoms with Gasteiger partial charge in [-0.25, -0.2) is 0 Å². The molecule has 0 bridgehead atoms.